The Bertz CT molecular complexity index is 629. The van der Waals surface area contributed by atoms with Crippen molar-refractivity contribution in [3.8, 4) is 11.5 Å². The number of methoxy groups -OCH3 is 1. The molecule has 0 fully saturated rings. The van der Waals surface area contributed by atoms with Gasteiger partial charge in [-0.15, -0.1) is 0 Å². The zero-order chi connectivity index (χ0) is 18.1. The van der Waals surface area contributed by atoms with Crippen LogP contribution in [0.2, 0.25) is 0 Å². The van der Waals surface area contributed by atoms with E-state index in [1.54, 1.807) is 12.1 Å². The highest BCUT2D eigenvalue weighted by Crippen LogP contribution is 2.28. The minimum atomic E-state index is -1.14. The second-order valence-corrected chi connectivity index (χ2v) is 4.58. The van der Waals surface area contributed by atoms with Crippen molar-refractivity contribution in [3.05, 3.63) is 36.4 Å². The van der Waals surface area contributed by atoms with Crippen molar-refractivity contribution in [1.29, 1.82) is 0 Å². The summed E-state index contributed by atoms with van der Waals surface area (Å²) < 4.78 is 15.6. The molecular weight excluding hydrogens is 316 g/mol. The fourth-order valence-corrected chi connectivity index (χ4v) is 1.62. The van der Waals surface area contributed by atoms with Gasteiger partial charge in [-0.25, -0.2) is 9.59 Å². The Morgan fingerprint density at radius 1 is 1.29 bits per heavy atom. The molecule has 8 nitrogen and oxygen atoms in total. The highest BCUT2D eigenvalue weighted by Gasteiger charge is 2.21. The lowest BCUT2D eigenvalue weighted by Gasteiger charge is -2.14. The molecule has 0 aromatic heterocycles. The molecule has 1 atom stereocenters. The molecule has 0 aliphatic carbocycles. The van der Waals surface area contributed by atoms with Gasteiger partial charge in [-0.2, -0.15) is 0 Å². The first-order valence-corrected chi connectivity index (χ1v) is 7.08. The van der Waals surface area contributed by atoms with Crippen molar-refractivity contribution < 1.29 is 28.6 Å². The number of imide groups is 1. The molecule has 1 unspecified atom stereocenters. The topological polar surface area (TPSA) is 103 Å². The number of carbonyl (C=O) groups excluding carboxylic acids is 3. The Kier molecular flexibility index (Phi) is 7.28. The van der Waals surface area contributed by atoms with Crippen molar-refractivity contribution in [1.82, 2.24) is 10.6 Å². The summed E-state index contributed by atoms with van der Waals surface area (Å²) in [6.45, 7) is 5.19. The van der Waals surface area contributed by atoms with E-state index < -0.39 is 24.0 Å². The minimum absolute atomic E-state index is 0.178. The van der Waals surface area contributed by atoms with Crippen LogP contribution in [0.25, 0.3) is 0 Å². The molecule has 0 aliphatic heterocycles. The van der Waals surface area contributed by atoms with E-state index in [9.17, 15) is 14.4 Å². The summed E-state index contributed by atoms with van der Waals surface area (Å²) in [5.74, 6) is -0.683. The summed E-state index contributed by atoms with van der Waals surface area (Å²) in [5.41, 5.74) is 0.178. The lowest BCUT2D eigenvalue weighted by Crippen LogP contribution is -2.43. The molecule has 8 heteroatoms. The van der Waals surface area contributed by atoms with E-state index in [4.69, 9.17) is 14.2 Å². The van der Waals surface area contributed by atoms with Gasteiger partial charge in [-0.3, -0.25) is 10.1 Å². The first-order valence-electron chi connectivity index (χ1n) is 7.08. The molecule has 24 heavy (non-hydrogen) atoms. The van der Waals surface area contributed by atoms with Crippen LogP contribution in [-0.4, -0.2) is 44.8 Å². The van der Waals surface area contributed by atoms with E-state index in [0.29, 0.717) is 11.5 Å². The molecule has 1 rings (SSSR count). The van der Waals surface area contributed by atoms with Gasteiger partial charge in [0.25, 0.3) is 5.91 Å². The molecule has 0 radical (unpaired) electrons. The Labute approximate surface area is 139 Å². The van der Waals surface area contributed by atoms with Crippen molar-refractivity contribution in [2.45, 2.75) is 13.0 Å². The molecule has 0 aliphatic rings. The van der Waals surface area contributed by atoms with Crippen molar-refractivity contribution in [2.75, 3.05) is 20.8 Å². The third kappa shape index (κ3) is 5.31. The number of benzene rings is 1. The van der Waals surface area contributed by atoms with Crippen LogP contribution in [0.5, 0.6) is 11.5 Å². The Balaban J connectivity index is 2.78. The first kappa shape index (κ1) is 19.0. The summed E-state index contributed by atoms with van der Waals surface area (Å²) >= 11 is 0. The standard InChI is InChI=1S/C16H20N2O6/c1-5-8-23-12-7-6-11(9-13(12)22-4)15(20)24-10(2)14(19)18-16(21)17-3/h5-7,9-10H,1,8H2,2-4H3,(H2,17,18,19,21). The number of esters is 1. The van der Waals surface area contributed by atoms with Gasteiger partial charge in [0.2, 0.25) is 0 Å². The number of amides is 3. The summed E-state index contributed by atoms with van der Waals surface area (Å²) in [7, 11) is 2.80. The Morgan fingerprint density at radius 3 is 2.58 bits per heavy atom. The third-order valence-electron chi connectivity index (χ3n) is 2.87. The van der Waals surface area contributed by atoms with Crippen LogP contribution in [0.15, 0.2) is 30.9 Å². The van der Waals surface area contributed by atoms with Crippen LogP contribution in [-0.2, 0) is 9.53 Å². The molecular formula is C16H20N2O6. The summed E-state index contributed by atoms with van der Waals surface area (Å²) in [4.78, 5) is 34.8. The van der Waals surface area contributed by atoms with Gasteiger partial charge in [0.05, 0.1) is 12.7 Å². The molecule has 1 aromatic carbocycles. The number of hydrogen-bond donors (Lipinski definition) is 2. The summed E-state index contributed by atoms with van der Waals surface area (Å²) in [5, 5.41) is 4.25. The lowest BCUT2D eigenvalue weighted by molar-refractivity contribution is -0.127. The zero-order valence-corrected chi connectivity index (χ0v) is 13.8. The first-order chi connectivity index (χ1) is 11.4. The van der Waals surface area contributed by atoms with Gasteiger partial charge in [0, 0.05) is 7.05 Å². The van der Waals surface area contributed by atoms with Crippen LogP contribution in [0, 0.1) is 0 Å². The average molecular weight is 336 g/mol. The fourth-order valence-electron chi connectivity index (χ4n) is 1.62. The second kappa shape index (κ2) is 9.19. The maximum absolute atomic E-state index is 12.1. The SMILES string of the molecule is C=CCOc1ccc(C(=O)OC(C)C(=O)NC(=O)NC)cc1OC. The number of nitrogens with one attached hydrogen (secondary N) is 2. The number of ether oxygens (including phenoxy) is 3. The van der Waals surface area contributed by atoms with Gasteiger partial charge in [-0.05, 0) is 25.1 Å². The van der Waals surface area contributed by atoms with Gasteiger partial charge in [-0.1, -0.05) is 12.7 Å². The van der Waals surface area contributed by atoms with Gasteiger partial charge in [0.1, 0.15) is 6.61 Å². The van der Waals surface area contributed by atoms with E-state index in [1.807, 2.05) is 5.32 Å². The number of carbonyl (C=O) groups is 3. The zero-order valence-electron chi connectivity index (χ0n) is 13.8. The maximum atomic E-state index is 12.1. The third-order valence-corrected chi connectivity index (χ3v) is 2.87. The number of urea groups is 1. The van der Waals surface area contributed by atoms with Crippen molar-refractivity contribution in [3.63, 3.8) is 0 Å². The molecule has 0 saturated heterocycles. The quantitative estimate of drug-likeness (QED) is 0.574. The minimum Gasteiger partial charge on any atom is -0.493 e. The normalized spacial score (nSPS) is 11.0. The van der Waals surface area contributed by atoms with E-state index in [2.05, 4.69) is 11.9 Å². The monoisotopic (exact) mass is 336 g/mol. The summed E-state index contributed by atoms with van der Waals surface area (Å²) in [6.07, 6.45) is 0.437. The van der Waals surface area contributed by atoms with Gasteiger partial charge >= 0.3 is 12.0 Å². The molecule has 2 N–H and O–H groups in total. The van der Waals surface area contributed by atoms with Crippen LogP contribution >= 0.6 is 0 Å². The Hall–Kier alpha value is -3.03. The van der Waals surface area contributed by atoms with E-state index in [1.165, 1.54) is 33.2 Å². The lowest BCUT2D eigenvalue weighted by atomic mass is 10.2. The molecule has 130 valence electrons. The van der Waals surface area contributed by atoms with Crippen molar-refractivity contribution >= 4 is 17.9 Å². The molecule has 0 saturated carbocycles. The smallest absolute Gasteiger partial charge is 0.339 e. The van der Waals surface area contributed by atoms with Crippen molar-refractivity contribution in [2.24, 2.45) is 0 Å². The Morgan fingerprint density at radius 2 is 2.00 bits per heavy atom. The van der Waals surface area contributed by atoms with Crippen LogP contribution in [0.1, 0.15) is 17.3 Å². The molecule has 3 amide bonds. The van der Waals surface area contributed by atoms with E-state index in [-0.39, 0.29) is 12.2 Å². The van der Waals surface area contributed by atoms with E-state index >= 15 is 0 Å². The van der Waals surface area contributed by atoms with Crippen LogP contribution in [0.4, 0.5) is 4.79 Å². The van der Waals surface area contributed by atoms with Crippen LogP contribution in [0.3, 0.4) is 0 Å². The predicted octanol–water partition coefficient (Wildman–Crippen LogP) is 1.26. The number of rotatable bonds is 7. The highest BCUT2D eigenvalue weighted by atomic mass is 16.5. The largest absolute Gasteiger partial charge is 0.493 e. The maximum Gasteiger partial charge on any atom is 0.339 e. The van der Waals surface area contributed by atoms with Crippen LogP contribution < -0.4 is 20.1 Å². The fraction of sp³-hybridized carbons (Fsp3) is 0.312. The predicted molar refractivity (Wildman–Crippen MR) is 86.2 cm³/mol. The molecule has 0 spiro atoms. The van der Waals surface area contributed by atoms with E-state index in [0.717, 1.165) is 0 Å². The molecule has 1 aromatic rings. The molecule has 0 bridgehead atoms. The average Bonchev–Trinajstić information content (AvgIpc) is 2.59. The highest BCUT2D eigenvalue weighted by molar-refractivity contribution is 5.98. The van der Waals surface area contributed by atoms with Gasteiger partial charge < -0.3 is 19.5 Å². The number of hydrogen-bond acceptors (Lipinski definition) is 6. The van der Waals surface area contributed by atoms with Gasteiger partial charge in [0.15, 0.2) is 17.6 Å². The molecule has 0 heterocycles. The second-order valence-electron chi connectivity index (χ2n) is 4.58. The summed E-state index contributed by atoms with van der Waals surface area (Å²) in [6, 6.07) is 3.78.